The Morgan fingerprint density at radius 1 is 1.26 bits per heavy atom. The van der Waals surface area contributed by atoms with Crippen LogP contribution >= 0.6 is 0 Å². The van der Waals surface area contributed by atoms with Crippen molar-refractivity contribution in [2.24, 2.45) is 5.92 Å². The average molecular weight is 368 g/mol. The lowest BCUT2D eigenvalue weighted by Crippen LogP contribution is -2.12. The van der Waals surface area contributed by atoms with Crippen LogP contribution in [0.4, 0.5) is 5.82 Å². The Labute approximate surface area is 154 Å². The van der Waals surface area contributed by atoms with Gasteiger partial charge in [-0.15, -0.1) is 0 Å². The lowest BCUT2D eigenvalue weighted by atomic mass is 9.86. The third-order valence-corrected chi connectivity index (χ3v) is 5.22. The van der Waals surface area contributed by atoms with Gasteiger partial charge in [0.1, 0.15) is 17.2 Å². The predicted octanol–water partition coefficient (Wildman–Crippen LogP) is 2.92. The molecule has 3 heterocycles. The highest BCUT2D eigenvalue weighted by atomic mass is 16.4. The predicted molar refractivity (Wildman–Crippen MR) is 99.6 cm³/mol. The van der Waals surface area contributed by atoms with Gasteiger partial charge in [0.05, 0.1) is 11.6 Å². The number of hydrogen-bond acceptors (Lipinski definition) is 7. The van der Waals surface area contributed by atoms with Crippen LogP contribution < -0.4 is 11.2 Å². The fraction of sp³-hybridized carbons (Fsp3) is 0.421. The molecule has 1 aliphatic carbocycles. The van der Waals surface area contributed by atoms with Gasteiger partial charge in [-0.2, -0.15) is 4.98 Å². The van der Waals surface area contributed by atoms with Crippen molar-refractivity contribution in [1.82, 2.24) is 15.0 Å². The van der Waals surface area contributed by atoms with E-state index in [0.717, 1.165) is 6.42 Å². The van der Waals surface area contributed by atoms with Gasteiger partial charge in [0.25, 0.3) is 0 Å². The third-order valence-electron chi connectivity index (χ3n) is 5.22. The number of aromatic nitrogens is 3. The number of aryl methyl sites for hydroxylation is 1. The second-order valence-electron chi connectivity index (χ2n) is 7.05. The highest BCUT2D eigenvalue weighted by molar-refractivity contribution is 5.97. The van der Waals surface area contributed by atoms with Gasteiger partial charge in [0, 0.05) is 6.42 Å². The molecule has 140 valence electrons. The Bertz CT molecular complexity index is 1090. The Morgan fingerprint density at radius 2 is 2.04 bits per heavy atom. The zero-order valence-corrected chi connectivity index (χ0v) is 14.8. The van der Waals surface area contributed by atoms with Crippen LogP contribution in [0.5, 0.6) is 0 Å². The second-order valence-corrected chi connectivity index (χ2v) is 7.05. The van der Waals surface area contributed by atoms with Crippen molar-refractivity contribution in [2.45, 2.75) is 44.9 Å². The summed E-state index contributed by atoms with van der Waals surface area (Å²) in [4.78, 5) is 36.7. The summed E-state index contributed by atoms with van der Waals surface area (Å²) in [5.74, 6) is -0.169. The first-order chi connectivity index (χ1) is 13.0. The molecule has 1 fully saturated rings. The summed E-state index contributed by atoms with van der Waals surface area (Å²) >= 11 is 0. The molecule has 0 saturated heterocycles. The number of nitrogens with zero attached hydrogens (tertiary/aromatic N) is 3. The second kappa shape index (κ2) is 6.94. The van der Waals surface area contributed by atoms with E-state index >= 15 is 0 Å². The first kappa shape index (κ1) is 17.4. The topological polar surface area (TPSA) is 132 Å². The Morgan fingerprint density at radius 3 is 2.78 bits per heavy atom. The SMILES string of the molecule is Nc1nc2oc3cnc(CCC4CCCCC4)nc3c(=O)c2cc1C(=O)O. The van der Waals surface area contributed by atoms with Crippen molar-refractivity contribution in [3.63, 3.8) is 0 Å². The van der Waals surface area contributed by atoms with E-state index in [1.54, 1.807) is 0 Å². The molecule has 3 N–H and O–H groups in total. The average Bonchev–Trinajstić information content (AvgIpc) is 2.67. The van der Waals surface area contributed by atoms with Gasteiger partial charge in [-0.1, -0.05) is 32.1 Å². The fourth-order valence-electron chi connectivity index (χ4n) is 3.73. The van der Waals surface area contributed by atoms with Crippen LogP contribution in [0.25, 0.3) is 22.2 Å². The molecule has 1 aliphatic rings. The van der Waals surface area contributed by atoms with Gasteiger partial charge in [-0.25, -0.2) is 14.8 Å². The van der Waals surface area contributed by atoms with Gasteiger partial charge >= 0.3 is 5.97 Å². The van der Waals surface area contributed by atoms with Crippen LogP contribution in [0.3, 0.4) is 0 Å². The maximum absolute atomic E-state index is 12.8. The minimum atomic E-state index is -1.25. The number of fused-ring (bicyclic) bond motifs is 2. The summed E-state index contributed by atoms with van der Waals surface area (Å²) in [5, 5.41) is 9.24. The number of carbonyl (C=O) groups is 1. The zero-order chi connectivity index (χ0) is 19.0. The molecule has 0 amide bonds. The normalized spacial score (nSPS) is 15.4. The van der Waals surface area contributed by atoms with Crippen LogP contribution in [0.15, 0.2) is 21.5 Å². The molecule has 0 unspecified atom stereocenters. The maximum atomic E-state index is 12.8. The maximum Gasteiger partial charge on any atom is 0.339 e. The number of nitrogens with two attached hydrogens (primary N) is 1. The van der Waals surface area contributed by atoms with E-state index in [2.05, 4.69) is 15.0 Å². The molecular formula is C19H20N4O4. The smallest absolute Gasteiger partial charge is 0.339 e. The molecule has 0 aromatic carbocycles. The molecule has 8 nitrogen and oxygen atoms in total. The van der Waals surface area contributed by atoms with Gasteiger partial charge < -0.3 is 15.3 Å². The highest BCUT2D eigenvalue weighted by Crippen LogP contribution is 2.27. The summed E-state index contributed by atoms with van der Waals surface area (Å²) in [6, 6.07) is 1.19. The van der Waals surface area contributed by atoms with E-state index in [1.165, 1.54) is 44.4 Å². The number of anilines is 1. The van der Waals surface area contributed by atoms with E-state index in [4.69, 9.17) is 10.2 Å². The van der Waals surface area contributed by atoms with Crippen LogP contribution in [0.2, 0.25) is 0 Å². The first-order valence-corrected chi connectivity index (χ1v) is 9.15. The molecule has 0 atom stereocenters. The third kappa shape index (κ3) is 3.34. The van der Waals surface area contributed by atoms with Gasteiger partial charge in [-0.05, 0) is 18.4 Å². The lowest BCUT2D eigenvalue weighted by Gasteiger charge is -2.20. The van der Waals surface area contributed by atoms with Crippen LogP contribution in [-0.2, 0) is 6.42 Å². The highest BCUT2D eigenvalue weighted by Gasteiger charge is 2.18. The molecular weight excluding hydrogens is 348 g/mol. The number of rotatable bonds is 4. The Balaban J connectivity index is 1.72. The van der Waals surface area contributed by atoms with E-state index < -0.39 is 11.4 Å². The molecule has 0 radical (unpaired) electrons. The lowest BCUT2D eigenvalue weighted by molar-refractivity contribution is 0.0698. The number of pyridine rings is 1. The van der Waals surface area contributed by atoms with E-state index in [0.29, 0.717) is 18.2 Å². The van der Waals surface area contributed by atoms with Crippen molar-refractivity contribution in [3.05, 3.63) is 33.9 Å². The van der Waals surface area contributed by atoms with Crippen LogP contribution in [-0.4, -0.2) is 26.0 Å². The molecule has 8 heteroatoms. The van der Waals surface area contributed by atoms with Gasteiger partial charge in [-0.3, -0.25) is 4.79 Å². The van der Waals surface area contributed by atoms with E-state index in [9.17, 15) is 14.7 Å². The van der Waals surface area contributed by atoms with Crippen molar-refractivity contribution in [1.29, 1.82) is 0 Å². The van der Waals surface area contributed by atoms with Crippen molar-refractivity contribution >= 4 is 34.0 Å². The van der Waals surface area contributed by atoms with Crippen molar-refractivity contribution < 1.29 is 14.3 Å². The van der Waals surface area contributed by atoms with Crippen LogP contribution in [0.1, 0.15) is 54.7 Å². The van der Waals surface area contributed by atoms with Crippen molar-refractivity contribution in [2.75, 3.05) is 5.73 Å². The summed E-state index contributed by atoms with van der Waals surface area (Å²) < 4.78 is 5.58. The van der Waals surface area contributed by atoms with Gasteiger partial charge in [0.2, 0.25) is 11.1 Å². The van der Waals surface area contributed by atoms with E-state index in [1.807, 2.05) is 0 Å². The summed E-state index contributed by atoms with van der Waals surface area (Å²) in [6.45, 7) is 0. The monoisotopic (exact) mass is 368 g/mol. The molecule has 27 heavy (non-hydrogen) atoms. The number of hydrogen-bond donors (Lipinski definition) is 2. The number of carboxylic acid groups (broad SMARTS) is 1. The Hall–Kier alpha value is -3.03. The molecule has 1 saturated carbocycles. The molecule has 0 bridgehead atoms. The molecule has 4 rings (SSSR count). The standard InChI is InChI=1S/C19H20N4O4/c20-17-12(19(25)26)8-11-16(24)15-13(27-18(11)23-17)9-21-14(22-15)7-6-10-4-2-1-3-5-10/h8-10H,1-7H2,(H2,20,23)(H,25,26). The number of aromatic carboxylic acids is 1. The summed E-state index contributed by atoms with van der Waals surface area (Å²) in [5.41, 5.74) is 5.30. The number of carboxylic acids is 1. The fourth-order valence-corrected chi connectivity index (χ4v) is 3.73. The Kier molecular flexibility index (Phi) is 4.47. The molecule has 3 aromatic rings. The number of nitrogen functional groups attached to an aromatic ring is 1. The molecule has 0 spiro atoms. The van der Waals surface area contributed by atoms with E-state index in [-0.39, 0.29) is 33.6 Å². The molecule has 0 aliphatic heterocycles. The minimum Gasteiger partial charge on any atom is -0.478 e. The molecule has 3 aromatic heterocycles. The van der Waals surface area contributed by atoms with Gasteiger partial charge in [0.15, 0.2) is 11.1 Å². The van der Waals surface area contributed by atoms with Crippen molar-refractivity contribution in [3.8, 4) is 0 Å². The first-order valence-electron chi connectivity index (χ1n) is 9.15. The minimum absolute atomic E-state index is 0.0199. The zero-order valence-electron chi connectivity index (χ0n) is 14.8. The summed E-state index contributed by atoms with van der Waals surface area (Å²) in [7, 11) is 0. The summed E-state index contributed by atoms with van der Waals surface area (Å²) in [6.07, 6.45) is 9.54. The largest absolute Gasteiger partial charge is 0.478 e. The van der Waals surface area contributed by atoms with Crippen LogP contribution in [0, 0.1) is 5.92 Å². The quantitative estimate of drug-likeness (QED) is 0.672.